The number of fused-ring (bicyclic) bond motifs is 1. The van der Waals surface area contributed by atoms with Crippen molar-refractivity contribution in [3.8, 4) is 0 Å². The maximum atomic E-state index is 12.4. The molecule has 3 nitrogen and oxygen atoms in total. The van der Waals surface area contributed by atoms with Crippen molar-refractivity contribution in [3.05, 3.63) is 35.5 Å². The summed E-state index contributed by atoms with van der Waals surface area (Å²) in [5.74, 6) is 2.13. The Hall–Kier alpha value is -1.35. The zero-order valence-electron chi connectivity index (χ0n) is 21.9. The molecule has 1 N–H and O–H groups in total. The zero-order valence-corrected chi connectivity index (χ0v) is 21.9. The summed E-state index contributed by atoms with van der Waals surface area (Å²) in [7, 11) is 0. The van der Waals surface area contributed by atoms with Crippen molar-refractivity contribution in [1.82, 2.24) is 0 Å². The van der Waals surface area contributed by atoms with Crippen LogP contribution in [-0.4, -0.2) is 23.3 Å². The largest absolute Gasteiger partial charge is 0.462 e. The first-order valence-electron chi connectivity index (χ1n) is 13.6. The van der Waals surface area contributed by atoms with Gasteiger partial charge >= 0.3 is 5.97 Å². The van der Waals surface area contributed by atoms with Gasteiger partial charge in [0.1, 0.15) is 6.10 Å². The van der Waals surface area contributed by atoms with E-state index < -0.39 is 0 Å². The first-order chi connectivity index (χ1) is 15.7. The highest BCUT2D eigenvalue weighted by molar-refractivity contribution is 5.69. The van der Waals surface area contributed by atoms with Crippen molar-refractivity contribution in [3.63, 3.8) is 0 Å². The Labute approximate surface area is 202 Å². The lowest BCUT2D eigenvalue weighted by atomic mass is 9.60. The van der Waals surface area contributed by atoms with Gasteiger partial charge in [-0.3, -0.25) is 4.79 Å². The molecule has 3 heteroatoms. The summed E-state index contributed by atoms with van der Waals surface area (Å²) in [5, 5.41) is 10.1. The number of esters is 1. The number of carbonyl (C=O) groups excluding carboxylic acids is 1. The number of ether oxygens (including phenoxy) is 1. The first kappa shape index (κ1) is 26.3. The van der Waals surface area contributed by atoms with E-state index in [1.54, 1.807) is 0 Å². The molecule has 0 aromatic rings. The third-order valence-electron chi connectivity index (χ3n) is 8.87. The summed E-state index contributed by atoms with van der Waals surface area (Å²) < 4.78 is 6.12. The van der Waals surface area contributed by atoms with Crippen LogP contribution in [0.15, 0.2) is 35.5 Å². The number of hydrogen-bond acceptors (Lipinski definition) is 3. The molecular weight excluding hydrogens is 408 g/mol. The second-order valence-electron chi connectivity index (χ2n) is 11.8. The number of aliphatic hydroxyl groups excluding tert-OH is 1. The van der Waals surface area contributed by atoms with E-state index >= 15 is 0 Å². The van der Waals surface area contributed by atoms with Gasteiger partial charge in [0.15, 0.2) is 0 Å². The van der Waals surface area contributed by atoms with E-state index in [9.17, 15) is 9.90 Å². The fourth-order valence-corrected chi connectivity index (χ4v) is 7.08. The van der Waals surface area contributed by atoms with E-state index in [0.717, 1.165) is 38.0 Å². The quantitative estimate of drug-likeness (QED) is 0.383. The minimum Gasteiger partial charge on any atom is -0.462 e. The van der Waals surface area contributed by atoms with Crippen molar-refractivity contribution in [2.75, 3.05) is 0 Å². The average molecular weight is 457 g/mol. The second-order valence-corrected chi connectivity index (χ2v) is 11.8. The Balaban J connectivity index is 1.85. The van der Waals surface area contributed by atoms with Crippen LogP contribution in [0.5, 0.6) is 0 Å². The van der Waals surface area contributed by atoms with Gasteiger partial charge in [0.2, 0.25) is 0 Å². The Kier molecular flexibility index (Phi) is 9.06. The maximum absolute atomic E-state index is 12.4. The molecule has 0 saturated heterocycles. The Bertz CT molecular complexity index is 761. The fourth-order valence-electron chi connectivity index (χ4n) is 7.08. The van der Waals surface area contributed by atoms with Crippen LogP contribution < -0.4 is 0 Å². The number of carbonyl (C=O) groups is 1. The van der Waals surface area contributed by atoms with E-state index in [0.29, 0.717) is 24.2 Å². The lowest BCUT2D eigenvalue weighted by Crippen LogP contribution is -2.39. The molecule has 3 aliphatic carbocycles. The highest BCUT2D eigenvalue weighted by atomic mass is 16.5. The Morgan fingerprint density at radius 2 is 2.00 bits per heavy atom. The predicted molar refractivity (Wildman–Crippen MR) is 137 cm³/mol. The van der Waals surface area contributed by atoms with Crippen molar-refractivity contribution < 1.29 is 14.6 Å². The number of aliphatic hydroxyl groups is 1. The summed E-state index contributed by atoms with van der Waals surface area (Å²) in [4.78, 5) is 12.4. The molecule has 186 valence electrons. The van der Waals surface area contributed by atoms with Crippen molar-refractivity contribution in [1.29, 1.82) is 0 Å². The highest BCUT2D eigenvalue weighted by Gasteiger charge is 2.56. The molecule has 0 amide bonds. The van der Waals surface area contributed by atoms with Crippen LogP contribution in [0.25, 0.3) is 0 Å². The molecule has 3 fully saturated rings. The number of rotatable bonds is 8. The van der Waals surface area contributed by atoms with Gasteiger partial charge in [0.05, 0.1) is 6.10 Å². The SMILES string of the molecule is C=C1CC[C@H](O)C/C1=C\C=C1/CCC[C@@]2(C)[C@@H]([C@H](C)CCCC(C)C)C(OC(=O)CC)C[C@@H]12. The van der Waals surface area contributed by atoms with E-state index in [-0.39, 0.29) is 23.6 Å². The molecule has 0 aromatic heterocycles. The van der Waals surface area contributed by atoms with Crippen LogP contribution in [-0.2, 0) is 9.53 Å². The lowest BCUT2D eigenvalue weighted by molar-refractivity contribution is -0.152. The molecule has 0 heterocycles. The van der Waals surface area contributed by atoms with Gasteiger partial charge in [0.25, 0.3) is 0 Å². The molecule has 0 aliphatic heterocycles. The van der Waals surface area contributed by atoms with Gasteiger partial charge < -0.3 is 9.84 Å². The van der Waals surface area contributed by atoms with E-state index in [4.69, 9.17) is 4.74 Å². The predicted octanol–water partition coefficient (Wildman–Crippen LogP) is 7.55. The summed E-state index contributed by atoms with van der Waals surface area (Å²) in [6, 6.07) is 0. The molecule has 0 bridgehead atoms. The standard InChI is InChI=1S/C30H48O3/c1-7-28(32)33-27-19-26-23(14-15-24-18-25(31)16-13-21(24)4)12-9-17-30(26,6)29(27)22(5)11-8-10-20(2)3/h14-15,20,22,25-27,29,31H,4,7-13,16-19H2,1-3,5-6H3/b23-14+,24-15+/t22-,25+,26+,27?,29+,30-/m1/s1. The molecule has 3 rings (SSSR count). The minimum atomic E-state index is -0.239. The molecule has 3 saturated carbocycles. The summed E-state index contributed by atoms with van der Waals surface area (Å²) >= 11 is 0. The number of hydrogen-bond donors (Lipinski definition) is 1. The summed E-state index contributed by atoms with van der Waals surface area (Å²) in [5.41, 5.74) is 4.08. The topological polar surface area (TPSA) is 46.5 Å². The van der Waals surface area contributed by atoms with Crippen molar-refractivity contribution in [2.45, 2.75) is 117 Å². The first-order valence-corrected chi connectivity index (χ1v) is 13.6. The van der Waals surface area contributed by atoms with Crippen LogP contribution in [0.4, 0.5) is 0 Å². The molecule has 0 radical (unpaired) electrons. The lowest BCUT2D eigenvalue weighted by Gasteiger charge is -2.44. The van der Waals surface area contributed by atoms with Gasteiger partial charge in [-0.1, -0.05) is 83.8 Å². The van der Waals surface area contributed by atoms with Gasteiger partial charge in [-0.25, -0.2) is 0 Å². The fraction of sp³-hybridized carbons (Fsp3) is 0.767. The third-order valence-corrected chi connectivity index (χ3v) is 8.87. The molecule has 0 aromatic carbocycles. The Morgan fingerprint density at radius 1 is 1.24 bits per heavy atom. The van der Waals surface area contributed by atoms with Gasteiger partial charge in [-0.15, -0.1) is 0 Å². The van der Waals surface area contributed by atoms with Gasteiger partial charge in [-0.05, 0) is 73.7 Å². The van der Waals surface area contributed by atoms with Crippen LogP contribution in [0.3, 0.4) is 0 Å². The molecule has 1 unspecified atom stereocenters. The second kappa shape index (κ2) is 11.4. The Morgan fingerprint density at radius 3 is 2.70 bits per heavy atom. The summed E-state index contributed by atoms with van der Waals surface area (Å²) in [6.45, 7) is 15.6. The highest BCUT2D eigenvalue weighted by Crippen LogP contribution is 2.60. The minimum absolute atomic E-state index is 0.0297. The molecule has 0 spiro atoms. The number of allylic oxidation sites excluding steroid dienone is 4. The average Bonchev–Trinajstić information content (AvgIpc) is 3.05. The van der Waals surface area contributed by atoms with E-state index in [2.05, 4.69) is 46.4 Å². The molecule has 6 atom stereocenters. The molecule has 3 aliphatic rings. The van der Waals surface area contributed by atoms with E-state index in [1.165, 1.54) is 48.8 Å². The summed E-state index contributed by atoms with van der Waals surface area (Å²) in [6.07, 6.45) is 15.5. The van der Waals surface area contributed by atoms with Gasteiger partial charge in [0, 0.05) is 12.3 Å². The van der Waals surface area contributed by atoms with E-state index in [1.807, 2.05) is 6.92 Å². The third kappa shape index (κ3) is 6.21. The monoisotopic (exact) mass is 456 g/mol. The molecular formula is C30H48O3. The van der Waals surface area contributed by atoms with Crippen molar-refractivity contribution in [2.24, 2.45) is 29.1 Å². The van der Waals surface area contributed by atoms with Crippen LogP contribution in [0, 0.1) is 29.1 Å². The van der Waals surface area contributed by atoms with Crippen molar-refractivity contribution >= 4 is 5.97 Å². The zero-order chi connectivity index (χ0) is 24.2. The van der Waals surface area contributed by atoms with Crippen LogP contribution >= 0.6 is 0 Å². The normalized spacial score (nSPS) is 35.8. The smallest absolute Gasteiger partial charge is 0.305 e. The van der Waals surface area contributed by atoms with Crippen LogP contribution in [0.1, 0.15) is 105 Å². The van der Waals surface area contributed by atoms with Gasteiger partial charge in [-0.2, -0.15) is 0 Å². The van der Waals surface area contributed by atoms with Crippen LogP contribution in [0.2, 0.25) is 0 Å². The maximum Gasteiger partial charge on any atom is 0.305 e. The molecule has 33 heavy (non-hydrogen) atoms.